The van der Waals surface area contributed by atoms with E-state index in [0.29, 0.717) is 0 Å². The van der Waals surface area contributed by atoms with Gasteiger partial charge in [-0.3, -0.25) is 4.98 Å². The van der Waals surface area contributed by atoms with E-state index in [1.54, 1.807) is 7.05 Å². The van der Waals surface area contributed by atoms with Crippen molar-refractivity contribution in [3.8, 4) is 0 Å². The van der Waals surface area contributed by atoms with Gasteiger partial charge >= 0.3 is 5.69 Å². The maximum Gasteiger partial charge on any atom is 0.343 e. The number of aromatic amines is 1. The topological polar surface area (TPSA) is 50.7 Å². The Kier molecular flexibility index (Phi) is 1.85. The van der Waals surface area contributed by atoms with Crippen molar-refractivity contribution in [1.82, 2.24) is 14.8 Å². The number of thiol groups is 1. The lowest BCUT2D eigenvalue weighted by molar-refractivity contribution is 0.715. The van der Waals surface area contributed by atoms with Crippen molar-refractivity contribution < 1.29 is 0 Å². The van der Waals surface area contributed by atoms with Crippen molar-refractivity contribution in [3.05, 3.63) is 10.5 Å². The van der Waals surface area contributed by atoms with Crippen LogP contribution in [0.5, 0.6) is 0 Å². The van der Waals surface area contributed by atoms with Crippen molar-refractivity contribution in [3.63, 3.8) is 0 Å². The van der Waals surface area contributed by atoms with Crippen LogP contribution in [0.15, 0.2) is 9.95 Å². The zero-order valence-electron chi connectivity index (χ0n) is 6.25. The molecule has 1 N–H and O–H groups in total. The summed E-state index contributed by atoms with van der Waals surface area (Å²) in [6, 6.07) is 0. The predicted molar refractivity (Wildman–Crippen MR) is 42.9 cm³/mol. The molecule has 0 aliphatic carbocycles. The summed E-state index contributed by atoms with van der Waals surface area (Å²) < 4.78 is 1.32. The fraction of sp³-hybridized carbons (Fsp3) is 0.600. The highest BCUT2D eigenvalue weighted by Crippen LogP contribution is 2.21. The second-order valence-electron chi connectivity index (χ2n) is 2.27. The summed E-state index contributed by atoms with van der Waals surface area (Å²) in [7, 11) is 1.36. The number of nitrogens with one attached hydrogen (secondary N) is 1. The summed E-state index contributed by atoms with van der Waals surface area (Å²) in [6.45, 7) is 0. The summed E-state index contributed by atoms with van der Waals surface area (Å²) >= 11 is 0. The Morgan fingerprint density at radius 3 is 2.40 bits per heavy atom. The van der Waals surface area contributed by atoms with Crippen LogP contribution in [0.4, 0.5) is 0 Å². The first-order chi connectivity index (χ1) is 4.61. The van der Waals surface area contributed by atoms with Crippen LogP contribution in [0.1, 0.15) is 0 Å². The van der Waals surface area contributed by atoms with Gasteiger partial charge in [0.2, 0.25) is 0 Å². The van der Waals surface area contributed by atoms with Crippen LogP contribution in [-0.2, 0) is 7.05 Å². The van der Waals surface area contributed by atoms with E-state index in [-0.39, 0.29) is 16.6 Å². The van der Waals surface area contributed by atoms with Gasteiger partial charge in [-0.2, -0.15) is 10.9 Å². The van der Waals surface area contributed by atoms with E-state index in [9.17, 15) is 4.79 Å². The van der Waals surface area contributed by atoms with E-state index < -0.39 is 0 Å². The van der Waals surface area contributed by atoms with Gasteiger partial charge in [0.25, 0.3) is 0 Å². The third-order valence-electron chi connectivity index (χ3n) is 1.18. The van der Waals surface area contributed by atoms with Gasteiger partial charge in [0, 0.05) is 7.05 Å². The zero-order valence-corrected chi connectivity index (χ0v) is 7.14. The van der Waals surface area contributed by atoms with Gasteiger partial charge in [-0.25, -0.2) is 9.48 Å². The third kappa shape index (κ3) is 1.23. The van der Waals surface area contributed by atoms with Crippen molar-refractivity contribution in [2.24, 2.45) is 7.05 Å². The number of nitrogens with zero attached hydrogens (tertiary/aromatic N) is 2. The Bertz CT molecular complexity index is 275. The standard InChI is InChI=1S/C5H11N3OS/c1-8-5(9)6-4(7-8)10(2)3/h10H,1-3H3,(H,6,7,9). The molecule has 0 fully saturated rings. The summed E-state index contributed by atoms with van der Waals surface area (Å²) in [5.41, 5.74) is -0.133. The molecule has 1 aromatic rings. The minimum absolute atomic E-state index is 0.133. The number of H-pyrrole nitrogens is 1. The molecule has 0 spiro atoms. The number of aromatic nitrogens is 3. The van der Waals surface area contributed by atoms with Gasteiger partial charge in [0.1, 0.15) is 0 Å². The summed E-state index contributed by atoms with van der Waals surface area (Å²) in [5.74, 6) is 0. The molecule has 0 saturated carbocycles. The monoisotopic (exact) mass is 161 g/mol. The Hall–Kier alpha value is -0.710. The van der Waals surface area contributed by atoms with Crippen LogP contribution in [0.3, 0.4) is 0 Å². The second-order valence-corrected chi connectivity index (χ2v) is 4.48. The van der Waals surface area contributed by atoms with Gasteiger partial charge in [-0.05, 0) is 12.5 Å². The molecule has 0 saturated heterocycles. The first-order valence-corrected chi connectivity index (χ1v) is 5.15. The minimum atomic E-state index is -0.278. The lowest BCUT2D eigenvalue weighted by Crippen LogP contribution is -2.13. The number of aryl methyl sites for hydroxylation is 1. The van der Waals surface area contributed by atoms with Crippen LogP contribution in [0.2, 0.25) is 0 Å². The highest BCUT2D eigenvalue weighted by molar-refractivity contribution is 8.15. The lowest BCUT2D eigenvalue weighted by Gasteiger charge is -2.00. The van der Waals surface area contributed by atoms with E-state index >= 15 is 0 Å². The van der Waals surface area contributed by atoms with Crippen molar-refractivity contribution in [1.29, 1.82) is 0 Å². The minimum Gasteiger partial charge on any atom is -0.285 e. The molecule has 0 aromatic carbocycles. The quantitative estimate of drug-likeness (QED) is 0.557. The van der Waals surface area contributed by atoms with Gasteiger partial charge in [-0.15, -0.1) is 5.10 Å². The van der Waals surface area contributed by atoms with Crippen LogP contribution in [0.25, 0.3) is 0 Å². The molecule has 0 aliphatic heterocycles. The zero-order chi connectivity index (χ0) is 7.72. The van der Waals surface area contributed by atoms with E-state index in [1.165, 1.54) is 4.68 Å². The average molecular weight is 161 g/mol. The van der Waals surface area contributed by atoms with Crippen molar-refractivity contribution >= 4 is 10.9 Å². The van der Waals surface area contributed by atoms with Crippen LogP contribution >= 0.6 is 10.9 Å². The molecule has 4 nitrogen and oxygen atoms in total. The molecule has 1 rings (SSSR count). The largest absolute Gasteiger partial charge is 0.343 e. The smallest absolute Gasteiger partial charge is 0.285 e. The molecule has 58 valence electrons. The molecule has 10 heavy (non-hydrogen) atoms. The Labute approximate surface area is 61.6 Å². The molecule has 0 atom stereocenters. The molecule has 1 heterocycles. The third-order valence-corrected chi connectivity index (χ3v) is 2.23. The first-order valence-electron chi connectivity index (χ1n) is 2.92. The van der Waals surface area contributed by atoms with Crippen LogP contribution in [-0.4, -0.2) is 27.3 Å². The molecule has 0 bridgehead atoms. The SMILES string of the molecule is Cn1nc([SH](C)C)[nH]c1=O. The normalized spacial score (nSPS) is 11.7. The molecule has 5 heteroatoms. The second kappa shape index (κ2) is 2.49. The van der Waals surface area contributed by atoms with Gasteiger partial charge in [0.05, 0.1) is 0 Å². The maximum atomic E-state index is 10.8. The van der Waals surface area contributed by atoms with Gasteiger partial charge in [-0.1, -0.05) is 0 Å². The van der Waals surface area contributed by atoms with Crippen LogP contribution < -0.4 is 5.69 Å². The Morgan fingerprint density at radius 2 is 2.20 bits per heavy atom. The molecule has 0 radical (unpaired) electrons. The summed E-state index contributed by atoms with van der Waals surface area (Å²) in [5, 5.41) is 4.80. The fourth-order valence-corrected chi connectivity index (χ4v) is 1.22. The van der Waals surface area contributed by atoms with E-state index in [2.05, 4.69) is 10.1 Å². The number of hydrogen-bond donors (Lipinski definition) is 2. The lowest BCUT2D eigenvalue weighted by atomic mass is 11.2. The highest BCUT2D eigenvalue weighted by atomic mass is 32.2. The predicted octanol–water partition coefficient (Wildman–Crippen LogP) is -0.272. The summed E-state index contributed by atoms with van der Waals surface area (Å²) in [6.07, 6.45) is 4.10. The van der Waals surface area contributed by atoms with E-state index in [0.717, 1.165) is 5.16 Å². The molecule has 0 amide bonds. The van der Waals surface area contributed by atoms with Gasteiger partial charge in [0.15, 0.2) is 5.16 Å². The number of hydrogen-bond acceptors (Lipinski definition) is 2. The fourth-order valence-electron chi connectivity index (χ4n) is 0.590. The Balaban J connectivity index is 3.10. The summed E-state index contributed by atoms with van der Waals surface area (Å²) in [4.78, 5) is 13.5. The molecule has 0 aliphatic rings. The average Bonchev–Trinajstić information content (AvgIpc) is 2.13. The van der Waals surface area contributed by atoms with E-state index in [4.69, 9.17) is 0 Å². The maximum absolute atomic E-state index is 10.8. The molecular weight excluding hydrogens is 150 g/mol. The van der Waals surface area contributed by atoms with E-state index in [1.807, 2.05) is 12.5 Å². The van der Waals surface area contributed by atoms with Gasteiger partial charge < -0.3 is 0 Å². The molecular formula is C5H11N3OS. The molecule has 0 unspecified atom stereocenters. The first kappa shape index (κ1) is 7.40. The van der Waals surface area contributed by atoms with Crippen molar-refractivity contribution in [2.75, 3.05) is 12.5 Å². The Morgan fingerprint density at radius 1 is 1.60 bits per heavy atom. The number of rotatable bonds is 1. The molecule has 1 aromatic heterocycles. The van der Waals surface area contributed by atoms with Crippen LogP contribution in [0, 0.1) is 0 Å². The van der Waals surface area contributed by atoms with Crippen molar-refractivity contribution in [2.45, 2.75) is 5.16 Å². The highest BCUT2D eigenvalue weighted by Gasteiger charge is 2.01.